The molecule has 0 bridgehead atoms. The van der Waals surface area contributed by atoms with Gasteiger partial charge in [-0.05, 0) is 18.6 Å². The minimum absolute atomic E-state index is 0.714. The van der Waals surface area contributed by atoms with Gasteiger partial charge in [-0.2, -0.15) is 15.4 Å². The lowest BCUT2D eigenvalue weighted by atomic mass is 10.1. The molecule has 3 aromatic rings. The zero-order valence-electron chi connectivity index (χ0n) is 12.4. The highest BCUT2D eigenvalue weighted by molar-refractivity contribution is 5.59. The average Bonchev–Trinajstić information content (AvgIpc) is 3.22. The summed E-state index contributed by atoms with van der Waals surface area (Å²) in [5.74, 6) is 0.858. The quantitative estimate of drug-likeness (QED) is 0.722. The van der Waals surface area contributed by atoms with Gasteiger partial charge < -0.3 is 4.74 Å². The van der Waals surface area contributed by atoms with E-state index in [2.05, 4.69) is 32.6 Å². The molecule has 0 saturated heterocycles. The van der Waals surface area contributed by atoms with Crippen LogP contribution in [0.4, 0.5) is 0 Å². The molecule has 114 valence electrons. The first kappa shape index (κ1) is 14.2. The van der Waals surface area contributed by atoms with Gasteiger partial charge in [0, 0.05) is 18.5 Å². The Morgan fingerprint density at radius 1 is 1.32 bits per heavy atom. The summed E-state index contributed by atoms with van der Waals surface area (Å²) in [5.41, 5.74) is 2.75. The van der Waals surface area contributed by atoms with E-state index in [4.69, 9.17) is 4.74 Å². The molecule has 2 heterocycles. The van der Waals surface area contributed by atoms with Crippen molar-refractivity contribution in [2.24, 2.45) is 0 Å². The van der Waals surface area contributed by atoms with Gasteiger partial charge in [0.1, 0.15) is 11.4 Å². The second kappa shape index (κ2) is 6.84. The predicted molar refractivity (Wildman–Crippen MR) is 81.3 cm³/mol. The van der Waals surface area contributed by atoms with E-state index in [1.165, 1.54) is 0 Å². The Kier molecular flexibility index (Phi) is 4.43. The van der Waals surface area contributed by atoms with E-state index < -0.39 is 0 Å². The Morgan fingerprint density at radius 2 is 2.27 bits per heavy atom. The van der Waals surface area contributed by atoms with Crippen molar-refractivity contribution in [3.8, 4) is 17.0 Å². The van der Waals surface area contributed by atoms with Crippen molar-refractivity contribution in [2.45, 2.75) is 26.3 Å². The van der Waals surface area contributed by atoms with Gasteiger partial charge in [-0.15, -0.1) is 5.10 Å². The first-order chi connectivity index (χ1) is 10.8. The van der Waals surface area contributed by atoms with Crippen LogP contribution in [0.5, 0.6) is 5.75 Å². The Balaban J connectivity index is 1.67. The van der Waals surface area contributed by atoms with Gasteiger partial charge >= 0.3 is 0 Å². The lowest BCUT2D eigenvalue weighted by Gasteiger charge is -2.05. The summed E-state index contributed by atoms with van der Waals surface area (Å²) >= 11 is 0. The molecule has 3 rings (SSSR count). The number of aryl methyl sites for hydroxylation is 2. The largest absolute Gasteiger partial charge is 0.494 e. The van der Waals surface area contributed by atoms with Gasteiger partial charge in [0.15, 0.2) is 0 Å². The van der Waals surface area contributed by atoms with Crippen LogP contribution in [0.25, 0.3) is 11.3 Å². The molecule has 0 aliphatic rings. The molecular formula is C15H18N6O. The van der Waals surface area contributed by atoms with E-state index in [1.807, 2.05) is 35.1 Å². The number of benzene rings is 1. The van der Waals surface area contributed by atoms with Crippen LogP contribution in [0.2, 0.25) is 0 Å². The monoisotopic (exact) mass is 298 g/mol. The van der Waals surface area contributed by atoms with E-state index in [9.17, 15) is 0 Å². The summed E-state index contributed by atoms with van der Waals surface area (Å²) in [4.78, 5) is 0. The molecule has 0 atom stereocenters. The van der Waals surface area contributed by atoms with E-state index in [-0.39, 0.29) is 0 Å². The first-order valence-electron chi connectivity index (χ1n) is 7.33. The van der Waals surface area contributed by atoms with Crippen molar-refractivity contribution in [1.82, 2.24) is 30.4 Å². The molecule has 1 aromatic carbocycles. The van der Waals surface area contributed by atoms with E-state index >= 15 is 0 Å². The number of aromatic nitrogens is 6. The van der Waals surface area contributed by atoms with Gasteiger partial charge in [-0.3, -0.25) is 4.68 Å². The van der Waals surface area contributed by atoms with Crippen LogP contribution < -0.4 is 4.74 Å². The van der Waals surface area contributed by atoms with Gasteiger partial charge in [0.2, 0.25) is 0 Å². The topological polar surface area (TPSA) is 81.5 Å². The number of hydrogen-bond acceptors (Lipinski definition) is 5. The predicted octanol–water partition coefficient (Wildman–Crippen LogP) is 2.09. The second-order valence-electron chi connectivity index (χ2n) is 4.95. The molecule has 0 fully saturated rings. The van der Waals surface area contributed by atoms with Crippen LogP contribution in [0.3, 0.4) is 0 Å². The smallest absolute Gasteiger partial charge is 0.119 e. The Hall–Kier alpha value is -2.70. The molecule has 2 aromatic heterocycles. The van der Waals surface area contributed by atoms with Gasteiger partial charge in [0.05, 0.1) is 24.7 Å². The molecule has 0 spiro atoms. The third-order valence-electron chi connectivity index (χ3n) is 3.20. The number of H-pyrrole nitrogens is 1. The number of nitrogens with zero attached hydrogens (tertiary/aromatic N) is 5. The normalized spacial score (nSPS) is 10.8. The van der Waals surface area contributed by atoms with Crippen LogP contribution in [0.1, 0.15) is 19.0 Å². The molecule has 1 N–H and O–H groups in total. The fourth-order valence-corrected chi connectivity index (χ4v) is 2.08. The third-order valence-corrected chi connectivity index (χ3v) is 3.20. The van der Waals surface area contributed by atoms with Crippen LogP contribution in [0, 0.1) is 0 Å². The maximum Gasteiger partial charge on any atom is 0.119 e. The zero-order valence-corrected chi connectivity index (χ0v) is 12.4. The van der Waals surface area contributed by atoms with Crippen molar-refractivity contribution in [1.29, 1.82) is 0 Å². The summed E-state index contributed by atoms with van der Waals surface area (Å²) in [6.45, 7) is 3.52. The van der Waals surface area contributed by atoms with Crippen molar-refractivity contribution in [3.05, 3.63) is 42.4 Å². The number of hydrogen-bond donors (Lipinski definition) is 1. The van der Waals surface area contributed by atoms with Crippen LogP contribution >= 0.6 is 0 Å². The van der Waals surface area contributed by atoms with Gasteiger partial charge in [0.25, 0.3) is 0 Å². The molecule has 22 heavy (non-hydrogen) atoms. The molecule has 0 amide bonds. The summed E-state index contributed by atoms with van der Waals surface area (Å²) in [7, 11) is 0. The molecule has 7 heteroatoms. The van der Waals surface area contributed by atoms with Crippen molar-refractivity contribution < 1.29 is 4.74 Å². The van der Waals surface area contributed by atoms with E-state index in [0.717, 1.165) is 35.5 Å². The van der Waals surface area contributed by atoms with E-state index in [0.29, 0.717) is 13.2 Å². The number of nitrogens with one attached hydrogen (secondary N) is 1. The molecule has 0 unspecified atom stereocenters. The lowest BCUT2D eigenvalue weighted by Crippen LogP contribution is -2.02. The summed E-state index contributed by atoms with van der Waals surface area (Å²) in [6.07, 6.45) is 5.40. The van der Waals surface area contributed by atoms with Gasteiger partial charge in [-0.25, -0.2) is 0 Å². The van der Waals surface area contributed by atoms with Crippen molar-refractivity contribution in [3.63, 3.8) is 0 Å². The Bertz CT molecular complexity index is 706. The highest BCUT2D eigenvalue weighted by Gasteiger charge is 2.06. The number of ether oxygens (including phenoxy) is 1. The summed E-state index contributed by atoms with van der Waals surface area (Å²) < 4.78 is 7.46. The van der Waals surface area contributed by atoms with Crippen molar-refractivity contribution in [2.75, 3.05) is 6.61 Å². The molecule has 7 nitrogen and oxygen atoms in total. The van der Waals surface area contributed by atoms with Crippen LogP contribution in [-0.4, -0.2) is 37.0 Å². The molecule has 0 aliphatic carbocycles. The average molecular weight is 298 g/mol. The number of rotatable bonds is 7. The molecule has 0 aliphatic heterocycles. The minimum Gasteiger partial charge on any atom is -0.494 e. The standard InChI is InChI=1S/C15H18N6O/c1-2-8-22-14-5-3-4-12(9-14)15-11-21(20-18-15)7-6-13-10-16-19-17-13/h3-5,9-11H,2,6-8H2,1H3,(H,16,17,19). The minimum atomic E-state index is 0.714. The molecule has 0 saturated carbocycles. The fourth-order valence-electron chi connectivity index (χ4n) is 2.08. The third kappa shape index (κ3) is 3.49. The lowest BCUT2D eigenvalue weighted by molar-refractivity contribution is 0.317. The van der Waals surface area contributed by atoms with Crippen LogP contribution in [-0.2, 0) is 13.0 Å². The highest BCUT2D eigenvalue weighted by atomic mass is 16.5. The van der Waals surface area contributed by atoms with Crippen LogP contribution in [0.15, 0.2) is 36.7 Å². The highest BCUT2D eigenvalue weighted by Crippen LogP contribution is 2.22. The summed E-state index contributed by atoms with van der Waals surface area (Å²) in [5, 5.41) is 18.8. The molecular weight excluding hydrogens is 280 g/mol. The maximum atomic E-state index is 5.65. The van der Waals surface area contributed by atoms with E-state index in [1.54, 1.807) is 6.20 Å². The first-order valence-corrected chi connectivity index (χ1v) is 7.33. The zero-order chi connectivity index (χ0) is 15.2. The fraction of sp³-hybridized carbons (Fsp3) is 0.333. The summed E-state index contributed by atoms with van der Waals surface area (Å²) in [6, 6.07) is 7.91. The Labute approximate surface area is 128 Å². The van der Waals surface area contributed by atoms with Gasteiger partial charge in [-0.1, -0.05) is 24.3 Å². The Morgan fingerprint density at radius 3 is 3.09 bits per heavy atom. The SMILES string of the molecule is CCCOc1cccc(-c2cn(CCc3cn[nH]n3)nn2)c1. The maximum absolute atomic E-state index is 5.65. The molecule has 0 radical (unpaired) electrons. The number of aromatic amines is 1. The second-order valence-corrected chi connectivity index (χ2v) is 4.95. The van der Waals surface area contributed by atoms with Crippen molar-refractivity contribution >= 4 is 0 Å².